The molecule has 1 fully saturated rings. The van der Waals surface area contributed by atoms with E-state index in [2.05, 4.69) is 4.98 Å². The summed E-state index contributed by atoms with van der Waals surface area (Å²) >= 11 is 0. The summed E-state index contributed by atoms with van der Waals surface area (Å²) in [6, 6.07) is 3.55. The molecule has 0 amide bonds. The third-order valence-corrected chi connectivity index (χ3v) is 5.27. The summed E-state index contributed by atoms with van der Waals surface area (Å²) in [5, 5.41) is 0. The third-order valence-electron chi connectivity index (χ3n) is 4.15. The number of hydrogen-bond donors (Lipinski definition) is 1. The molecular formula is C14H23N3O2S. The molecule has 1 aromatic rings. The average molecular weight is 297 g/mol. The molecule has 0 aliphatic heterocycles. The zero-order valence-electron chi connectivity index (χ0n) is 12.1. The van der Waals surface area contributed by atoms with Gasteiger partial charge < -0.3 is 10.6 Å². The van der Waals surface area contributed by atoms with Crippen molar-refractivity contribution in [2.24, 2.45) is 11.7 Å². The topological polar surface area (TPSA) is 76.3 Å². The summed E-state index contributed by atoms with van der Waals surface area (Å²) in [6.07, 6.45) is 7.37. The summed E-state index contributed by atoms with van der Waals surface area (Å²) < 4.78 is 23.8. The van der Waals surface area contributed by atoms with Crippen LogP contribution in [-0.2, 0) is 9.84 Å². The molecule has 112 valence electrons. The van der Waals surface area contributed by atoms with Gasteiger partial charge in [0, 0.05) is 25.5 Å². The second kappa shape index (κ2) is 6.10. The molecule has 6 heteroatoms. The summed E-state index contributed by atoms with van der Waals surface area (Å²) in [4.78, 5) is 6.60. The Labute approximate surface area is 121 Å². The number of sulfone groups is 1. The summed E-state index contributed by atoms with van der Waals surface area (Å²) in [7, 11) is -1.35. The molecule has 1 heterocycles. The maximum atomic E-state index is 11.9. The van der Waals surface area contributed by atoms with Crippen molar-refractivity contribution in [1.82, 2.24) is 4.98 Å². The monoisotopic (exact) mass is 297 g/mol. The van der Waals surface area contributed by atoms with E-state index in [-0.39, 0.29) is 6.04 Å². The summed E-state index contributed by atoms with van der Waals surface area (Å²) in [5.74, 6) is 0.948. The van der Waals surface area contributed by atoms with Crippen molar-refractivity contribution in [3.63, 3.8) is 0 Å². The van der Waals surface area contributed by atoms with E-state index in [1.165, 1.54) is 12.7 Å². The van der Waals surface area contributed by atoms with E-state index in [0.29, 0.717) is 23.2 Å². The minimum atomic E-state index is -3.28. The molecule has 0 bridgehead atoms. The van der Waals surface area contributed by atoms with E-state index in [0.717, 1.165) is 19.3 Å². The van der Waals surface area contributed by atoms with Gasteiger partial charge in [-0.1, -0.05) is 12.8 Å². The molecule has 1 saturated carbocycles. The first-order valence-corrected chi connectivity index (χ1v) is 8.92. The highest BCUT2D eigenvalue weighted by molar-refractivity contribution is 7.90. The lowest BCUT2D eigenvalue weighted by Crippen LogP contribution is -2.44. The lowest BCUT2D eigenvalue weighted by atomic mass is 9.84. The van der Waals surface area contributed by atoms with Crippen molar-refractivity contribution in [2.75, 3.05) is 24.7 Å². The van der Waals surface area contributed by atoms with Crippen LogP contribution in [0, 0.1) is 5.92 Å². The van der Waals surface area contributed by atoms with Crippen LogP contribution in [0.4, 0.5) is 5.82 Å². The Morgan fingerprint density at radius 1 is 1.40 bits per heavy atom. The fourth-order valence-electron chi connectivity index (χ4n) is 3.07. The molecule has 0 spiro atoms. The fraction of sp³-hybridized carbons (Fsp3) is 0.643. The Balaban J connectivity index is 2.35. The van der Waals surface area contributed by atoms with Gasteiger partial charge in [0.1, 0.15) is 10.7 Å². The van der Waals surface area contributed by atoms with Crippen molar-refractivity contribution >= 4 is 15.7 Å². The van der Waals surface area contributed by atoms with Crippen LogP contribution in [0.25, 0.3) is 0 Å². The minimum absolute atomic E-state index is 0.268. The van der Waals surface area contributed by atoms with Crippen molar-refractivity contribution in [3.05, 3.63) is 18.3 Å². The molecule has 5 nitrogen and oxygen atoms in total. The lowest BCUT2D eigenvalue weighted by molar-refractivity contribution is 0.305. The molecule has 2 rings (SSSR count). The smallest absolute Gasteiger partial charge is 0.179 e. The minimum Gasteiger partial charge on any atom is -0.355 e. The molecule has 1 aliphatic carbocycles. The highest BCUT2D eigenvalue weighted by atomic mass is 32.2. The third kappa shape index (κ3) is 3.12. The maximum absolute atomic E-state index is 11.9. The van der Waals surface area contributed by atoms with Crippen LogP contribution >= 0.6 is 0 Å². The molecule has 1 aromatic heterocycles. The van der Waals surface area contributed by atoms with E-state index in [1.54, 1.807) is 18.3 Å². The maximum Gasteiger partial charge on any atom is 0.179 e. The van der Waals surface area contributed by atoms with Crippen molar-refractivity contribution in [3.8, 4) is 0 Å². The largest absolute Gasteiger partial charge is 0.355 e. The van der Waals surface area contributed by atoms with Crippen LogP contribution < -0.4 is 10.6 Å². The van der Waals surface area contributed by atoms with Crippen LogP contribution in [0.3, 0.4) is 0 Å². The van der Waals surface area contributed by atoms with E-state index in [9.17, 15) is 8.42 Å². The molecule has 2 atom stereocenters. The van der Waals surface area contributed by atoms with E-state index in [1.807, 2.05) is 11.9 Å². The molecule has 20 heavy (non-hydrogen) atoms. The Morgan fingerprint density at radius 2 is 2.10 bits per heavy atom. The quantitative estimate of drug-likeness (QED) is 0.910. The molecule has 0 saturated heterocycles. The second-order valence-corrected chi connectivity index (χ2v) is 7.54. The Morgan fingerprint density at radius 3 is 2.75 bits per heavy atom. The predicted octanol–water partition coefficient (Wildman–Crippen LogP) is 1.44. The molecule has 0 radical (unpaired) electrons. The van der Waals surface area contributed by atoms with Crippen molar-refractivity contribution in [2.45, 2.75) is 36.6 Å². The van der Waals surface area contributed by atoms with Gasteiger partial charge in [-0.25, -0.2) is 13.4 Å². The first-order chi connectivity index (χ1) is 9.45. The molecule has 1 aliphatic rings. The van der Waals surface area contributed by atoms with Gasteiger partial charge in [-0.05, 0) is 37.4 Å². The Kier molecular flexibility index (Phi) is 4.65. The van der Waals surface area contributed by atoms with E-state index < -0.39 is 9.84 Å². The molecule has 0 aromatic carbocycles. The van der Waals surface area contributed by atoms with Crippen molar-refractivity contribution < 1.29 is 8.42 Å². The van der Waals surface area contributed by atoms with Crippen LogP contribution in [0.1, 0.15) is 25.7 Å². The van der Waals surface area contributed by atoms with Crippen molar-refractivity contribution in [1.29, 1.82) is 0 Å². The lowest BCUT2D eigenvalue weighted by Gasteiger charge is -2.38. The van der Waals surface area contributed by atoms with Gasteiger partial charge in [-0.15, -0.1) is 0 Å². The van der Waals surface area contributed by atoms with Gasteiger partial charge in [0.05, 0.1) is 0 Å². The van der Waals surface area contributed by atoms with Crippen LogP contribution in [-0.4, -0.2) is 39.3 Å². The highest BCUT2D eigenvalue weighted by Gasteiger charge is 2.30. The number of nitrogens with two attached hydrogens (primary N) is 1. The fourth-order valence-corrected chi connectivity index (χ4v) is 3.92. The SMILES string of the molecule is CN(c1ncccc1S(C)(=O)=O)C1CCCCC1CN. The van der Waals surface area contributed by atoms with E-state index >= 15 is 0 Å². The zero-order chi connectivity index (χ0) is 14.8. The number of anilines is 1. The number of pyridine rings is 1. The summed E-state index contributed by atoms with van der Waals surface area (Å²) in [5.41, 5.74) is 5.87. The van der Waals surface area contributed by atoms with Gasteiger partial charge >= 0.3 is 0 Å². The standard InChI is InChI=1S/C14H23N3O2S/c1-17(12-7-4-3-6-11(12)10-15)14-13(20(2,18)19)8-5-9-16-14/h5,8-9,11-12H,3-4,6-7,10,15H2,1-2H3. The number of nitrogens with zero attached hydrogens (tertiary/aromatic N) is 2. The predicted molar refractivity (Wildman–Crippen MR) is 80.6 cm³/mol. The molecular weight excluding hydrogens is 274 g/mol. The van der Waals surface area contributed by atoms with Gasteiger partial charge in [0.25, 0.3) is 0 Å². The first kappa shape index (κ1) is 15.3. The van der Waals surface area contributed by atoms with Crippen LogP contribution in [0.2, 0.25) is 0 Å². The zero-order valence-corrected chi connectivity index (χ0v) is 12.9. The van der Waals surface area contributed by atoms with Crippen LogP contribution in [0.5, 0.6) is 0 Å². The first-order valence-electron chi connectivity index (χ1n) is 7.03. The van der Waals surface area contributed by atoms with Gasteiger partial charge in [-0.3, -0.25) is 0 Å². The molecule has 2 unspecified atom stereocenters. The molecule has 2 N–H and O–H groups in total. The summed E-state index contributed by atoms with van der Waals surface area (Å²) in [6.45, 7) is 0.635. The number of hydrogen-bond acceptors (Lipinski definition) is 5. The van der Waals surface area contributed by atoms with Gasteiger partial charge in [0.15, 0.2) is 9.84 Å². The van der Waals surface area contributed by atoms with Crippen LogP contribution in [0.15, 0.2) is 23.2 Å². The van der Waals surface area contributed by atoms with Gasteiger partial charge in [0.2, 0.25) is 0 Å². The Bertz CT molecular complexity index is 559. The van der Waals surface area contributed by atoms with Gasteiger partial charge in [-0.2, -0.15) is 0 Å². The Hall–Kier alpha value is -1.14. The number of rotatable bonds is 4. The number of aromatic nitrogens is 1. The van der Waals surface area contributed by atoms with E-state index in [4.69, 9.17) is 5.73 Å². The average Bonchev–Trinajstić information content (AvgIpc) is 2.45. The normalized spacial score (nSPS) is 23.6. The highest BCUT2D eigenvalue weighted by Crippen LogP contribution is 2.32. The second-order valence-electron chi connectivity index (χ2n) is 5.56.